The molecular formula is C49H46N2O2. The molecule has 0 aromatic heterocycles. The molecule has 7 aromatic carbocycles. The fraction of sp³-hybridized carbons (Fsp3) is 0.184. The lowest BCUT2D eigenvalue weighted by Crippen LogP contribution is -2.21. The monoisotopic (exact) mass is 694 g/mol. The van der Waals surface area contributed by atoms with Crippen molar-refractivity contribution >= 4 is 44.9 Å². The zero-order chi connectivity index (χ0) is 36.4. The molecule has 0 bridgehead atoms. The van der Waals surface area contributed by atoms with Gasteiger partial charge in [0.05, 0.1) is 18.9 Å². The summed E-state index contributed by atoms with van der Waals surface area (Å²) in [7, 11) is 0. The molecule has 0 aliphatic heterocycles. The predicted octanol–water partition coefficient (Wildman–Crippen LogP) is 13.7. The number of rotatable bonds is 12. The lowest BCUT2D eigenvalue weighted by Gasteiger charge is -2.31. The molecule has 4 heteroatoms. The minimum Gasteiger partial charge on any atom is -0.494 e. The topological polar surface area (TPSA) is 24.9 Å². The van der Waals surface area contributed by atoms with Crippen LogP contribution >= 0.6 is 0 Å². The van der Waals surface area contributed by atoms with Gasteiger partial charge in [-0.2, -0.15) is 0 Å². The molecule has 0 saturated heterocycles. The molecule has 0 saturated carbocycles. The van der Waals surface area contributed by atoms with Crippen molar-refractivity contribution in [3.05, 3.63) is 169 Å². The van der Waals surface area contributed by atoms with Crippen molar-refractivity contribution in [2.75, 3.05) is 23.0 Å². The maximum atomic E-state index is 5.97. The van der Waals surface area contributed by atoms with E-state index >= 15 is 0 Å². The standard InChI is InChI=1S/C49H46N2O2/c1-5-30-49(4)46-33-39(50(37-20-14-22-41(31-37)52-6-2)38-21-15-23-42(32-38)53-7-3)26-28-44(46)45-29-27-40(34-47(45)49)51(36-18-9-8-10-19-36)48-25-13-17-35-16-11-12-24-43(35)48/h8-29,31-34H,5-7,30H2,1-4H3. The van der Waals surface area contributed by atoms with Crippen molar-refractivity contribution in [3.63, 3.8) is 0 Å². The van der Waals surface area contributed by atoms with E-state index in [0.717, 1.165) is 52.8 Å². The Morgan fingerprint density at radius 3 is 1.58 bits per heavy atom. The van der Waals surface area contributed by atoms with Crippen LogP contribution in [0.1, 0.15) is 51.7 Å². The van der Waals surface area contributed by atoms with E-state index in [-0.39, 0.29) is 5.41 Å². The van der Waals surface area contributed by atoms with Gasteiger partial charge in [0.25, 0.3) is 0 Å². The number of hydrogen-bond donors (Lipinski definition) is 0. The predicted molar refractivity (Wildman–Crippen MR) is 222 cm³/mol. The highest BCUT2D eigenvalue weighted by Gasteiger charge is 2.40. The molecule has 0 amide bonds. The van der Waals surface area contributed by atoms with Gasteiger partial charge in [0, 0.05) is 51.4 Å². The Morgan fingerprint density at radius 2 is 0.981 bits per heavy atom. The van der Waals surface area contributed by atoms with Crippen LogP contribution in [0, 0.1) is 0 Å². The maximum absolute atomic E-state index is 5.97. The van der Waals surface area contributed by atoms with E-state index in [1.165, 1.54) is 38.7 Å². The quantitative estimate of drug-likeness (QED) is 0.127. The van der Waals surface area contributed by atoms with Crippen molar-refractivity contribution in [3.8, 4) is 22.6 Å². The number of fused-ring (bicyclic) bond motifs is 4. The highest BCUT2D eigenvalue weighted by molar-refractivity contribution is 5.99. The van der Waals surface area contributed by atoms with E-state index < -0.39 is 0 Å². The number of nitrogens with zero attached hydrogens (tertiary/aromatic N) is 2. The summed E-state index contributed by atoms with van der Waals surface area (Å²) in [5.74, 6) is 1.70. The van der Waals surface area contributed by atoms with Crippen LogP contribution in [-0.4, -0.2) is 13.2 Å². The summed E-state index contributed by atoms with van der Waals surface area (Å²) in [6.45, 7) is 10.0. The van der Waals surface area contributed by atoms with Gasteiger partial charge in [-0.15, -0.1) is 0 Å². The van der Waals surface area contributed by atoms with E-state index in [1.54, 1.807) is 0 Å². The second-order valence-electron chi connectivity index (χ2n) is 13.9. The highest BCUT2D eigenvalue weighted by Crippen LogP contribution is 2.54. The van der Waals surface area contributed by atoms with Crippen LogP contribution in [0.25, 0.3) is 21.9 Å². The van der Waals surface area contributed by atoms with Crippen molar-refractivity contribution in [2.24, 2.45) is 0 Å². The minimum atomic E-state index is -0.196. The first-order valence-corrected chi connectivity index (χ1v) is 18.9. The molecule has 264 valence electrons. The normalized spacial score (nSPS) is 14.4. The molecule has 7 aromatic rings. The van der Waals surface area contributed by atoms with Gasteiger partial charge in [-0.05, 0) is 115 Å². The van der Waals surface area contributed by atoms with Gasteiger partial charge in [0.1, 0.15) is 11.5 Å². The van der Waals surface area contributed by atoms with Crippen molar-refractivity contribution in [1.29, 1.82) is 0 Å². The van der Waals surface area contributed by atoms with Crippen LogP contribution in [0.4, 0.5) is 34.1 Å². The summed E-state index contributed by atoms with van der Waals surface area (Å²) in [6.07, 6.45) is 2.09. The summed E-state index contributed by atoms with van der Waals surface area (Å²) in [5, 5.41) is 2.46. The smallest absolute Gasteiger partial charge is 0.121 e. The SMILES string of the molecule is CCCC1(C)c2cc(N(c3cccc(OCC)c3)c3cccc(OCC)c3)ccc2-c2ccc(N(c3ccccc3)c3cccc4ccccc34)cc21. The number of para-hydroxylation sites is 1. The van der Waals surface area contributed by atoms with Gasteiger partial charge in [-0.3, -0.25) is 0 Å². The lowest BCUT2D eigenvalue weighted by molar-refractivity contribution is 0.340. The van der Waals surface area contributed by atoms with Gasteiger partial charge in [-0.25, -0.2) is 0 Å². The molecule has 0 fully saturated rings. The molecule has 4 nitrogen and oxygen atoms in total. The third-order valence-electron chi connectivity index (χ3n) is 10.5. The average Bonchev–Trinajstić information content (AvgIpc) is 3.43. The van der Waals surface area contributed by atoms with Crippen LogP contribution in [0.15, 0.2) is 158 Å². The van der Waals surface area contributed by atoms with Crippen LogP contribution in [0.3, 0.4) is 0 Å². The first-order chi connectivity index (χ1) is 26.0. The Balaban J connectivity index is 1.28. The van der Waals surface area contributed by atoms with Crippen LogP contribution in [0.5, 0.6) is 11.5 Å². The van der Waals surface area contributed by atoms with E-state index in [2.05, 4.69) is 169 Å². The molecule has 1 aliphatic carbocycles. The second kappa shape index (κ2) is 14.6. The molecule has 1 unspecified atom stereocenters. The van der Waals surface area contributed by atoms with Crippen molar-refractivity contribution < 1.29 is 9.47 Å². The third-order valence-corrected chi connectivity index (χ3v) is 10.5. The first kappa shape index (κ1) is 34.1. The summed E-state index contributed by atoms with van der Waals surface area (Å²) in [6, 6.07) is 56.9. The van der Waals surface area contributed by atoms with Crippen LogP contribution in [0.2, 0.25) is 0 Å². The molecule has 1 aliphatic rings. The number of ether oxygens (including phenoxy) is 2. The fourth-order valence-electron chi connectivity index (χ4n) is 8.25. The Kier molecular flexibility index (Phi) is 9.37. The van der Waals surface area contributed by atoms with Gasteiger partial charge >= 0.3 is 0 Å². The van der Waals surface area contributed by atoms with Gasteiger partial charge < -0.3 is 19.3 Å². The summed E-state index contributed by atoms with van der Waals surface area (Å²) >= 11 is 0. The highest BCUT2D eigenvalue weighted by atomic mass is 16.5. The molecule has 0 radical (unpaired) electrons. The van der Waals surface area contributed by atoms with Crippen LogP contribution in [-0.2, 0) is 5.41 Å². The fourth-order valence-corrected chi connectivity index (χ4v) is 8.25. The average molecular weight is 695 g/mol. The largest absolute Gasteiger partial charge is 0.494 e. The Morgan fingerprint density at radius 1 is 0.472 bits per heavy atom. The molecule has 53 heavy (non-hydrogen) atoms. The van der Waals surface area contributed by atoms with E-state index in [4.69, 9.17) is 9.47 Å². The lowest BCUT2D eigenvalue weighted by atomic mass is 9.76. The summed E-state index contributed by atoms with van der Waals surface area (Å²) in [4.78, 5) is 4.74. The Labute approximate surface area is 313 Å². The first-order valence-electron chi connectivity index (χ1n) is 18.9. The molecular weight excluding hydrogens is 649 g/mol. The van der Waals surface area contributed by atoms with E-state index in [1.807, 2.05) is 26.0 Å². The molecule has 1 atom stereocenters. The summed E-state index contributed by atoms with van der Waals surface area (Å²) < 4.78 is 11.9. The number of benzene rings is 7. The molecule has 8 rings (SSSR count). The summed E-state index contributed by atoms with van der Waals surface area (Å²) in [5.41, 5.74) is 11.8. The maximum Gasteiger partial charge on any atom is 0.121 e. The van der Waals surface area contributed by atoms with E-state index in [9.17, 15) is 0 Å². The second-order valence-corrected chi connectivity index (χ2v) is 13.9. The molecule has 0 spiro atoms. The Hall–Kier alpha value is -6.00. The number of hydrogen-bond acceptors (Lipinski definition) is 4. The van der Waals surface area contributed by atoms with E-state index in [0.29, 0.717) is 13.2 Å². The molecule has 0 heterocycles. The zero-order valence-electron chi connectivity index (χ0n) is 31.1. The van der Waals surface area contributed by atoms with Gasteiger partial charge in [0.2, 0.25) is 0 Å². The van der Waals surface area contributed by atoms with Gasteiger partial charge in [-0.1, -0.05) is 99.1 Å². The molecule has 0 N–H and O–H groups in total. The minimum absolute atomic E-state index is 0.196. The zero-order valence-corrected chi connectivity index (χ0v) is 31.1. The third kappa shape index (κ3) is 6.29. The van der Waals surface area contributed by atoms with Crippen LogP contribution < -0.4 is 19.3 Å². The van der Waals surface area contributed by atoms with Crippen molar-refractivity contribution in [2.45, 2.75) is 46.0 Å². The van der Waals surface area contributed by atoms with Crippen molar-refractivity contribution in [1.82, 2.24) is 0 Å². The Bertz CT molecular complexity index is 2330. The number of anilines is 6. The van der Waals surface area contributed by atoms with Gasteiger partial charge in [0.15, 0.2) is 0 Å².